The number of hydrogen-bond donors (Lipinski definition) is 3. The number of thioether (sulfide) groups is 1. The monoisotopic (exact) mass is 549 g/mol. The highest BCUT2D eigenvalue weighted by atomic mass is 32.2. The Hall–Kier alpha value is -2.06. The van der Waals surface area contributed by atoms with Crippen LogP contribution >= 0.6 is 23.1 Å². The molecule has 2 amide bonds. The molecule has 3 N–H and O–H groups in total. The molecule has 0 saturated heterocycles. The molecule has 8 nitrogen and oxygen atoms in total. The Labute approximate surface area is 215 Å². The molecule has 36 heavy (non-hydrogen) atoms. The van der Waals surface area contributed by atoms with E-state index < -0.39 is 12.7 Å². The van der Waals surface area contributed by atoms with Crippen LogP contribution in [-0.4, -0.2) is 63.7 Å². The van der Waals surface area contributed by atoms with Gasteiger partial charge in [0.15, 0.2) is 11.4 Å². The third kappa shape index (κ3) is 9.77. The average molecular weight is 550 g/mol. The number of carbonyl (C=O) groups excluding carboxylic acids is 1. The number of alkyl halides is 3. The van der Waals surface area contributed by atoms with Gasteiger partial charge in [-0.25, -0.2) is 9.78 Å². The number of amides is 2. The number of hydrogen-bond acceptors (Lipinski definition) is 8. The van der Waals surface area contributed by atoms with E-state index in [1.54, 1.807) is 11.1 Å². The smallest absolute Gasteiger partial charge is 0.406 e. The summed E-state index contributed by atoms with van der Waals surface area (Å²) in [4.78, 5) is 19.1. The number of halogens is 3. The molecule has 2 aromatic rings. The van der Waals surface area contributed by atoms with Gasteiger partial charge in [-0.2, -0.15) is 0 Å². The van der Waals surface area contributed by atoms with Crippen LogP contribution < -0.4 is 10.1 Å². The van der Waals surface area contributed by atoms with Gasteiger partial charge in [-0.05, 0) is 49.3 Å². The zero-order chi connectivity index (χ0) is 26.1. The van der Waals surface area contributed by atoms with E-state index in [-0.39, 0.29) is 36.8 Å². The molecule has 1 aromatic carbocycles. The summed E-state index contributed by atoms with van der Waals surface area (Å²) in [5, 5.41) is 21.3. The van der Waals surface area contributed by atoms with Crippen LogP contribution in [0.15, 0.2) is 34.7 Å². The third-order valence-corrected chi connectivity index (χ3v) is 7.83. The summed E-state index contributed by atoms with van der Waals surface area (Å²) in [6.45, 7) is 3.00. The van der Waals surface area contributed by atoms with Crippen LogP contribution in [0.2, 0.25) is 0 Å². The summed E-state index contributed by atoms with van der Waals surface area (Å²) in [5.74, 6) is 0.432. The van der Waals surface area contributed by atoms with Crippen molar-refractivity contribution < 1.29 is 37.7 Å². The second kappa shape index (κ2) is 13.5. The van der Waals surface area contributed by atoms with Crippen molar-refractivity contribution in [1.29, 1.82) is 0 Å². The molecule has 1 aliphatic carbocycles. The molecular weight excluding hydrogens is 519 g/mol. The quantitative estimate of drug-likeness (QED) is 0.204. The molecule has 1 aliphatic rings. The summed E-state index contributed by atoms with van der Waals surface area (Å²) in [7, 11) is 0. The number of nitrogens with one attached hydrogen (secondary N) is 1. The lowest BCUT2D eigenvalue weighted by Gasteiger charge is -2.36. The highest BCUT2D eigenvalue weighted by Gasteiger charge is 2.31. The second-order valence-electron chi connectivity index (χ2n) is 8.56. The van der Waals surface area contributed by atoms with Gasteiger partial charge in [-0.15, -0.1) is 24.9 Å². The summed E-state index contributed by atoms with van der Waals surface area (Å²) in [6.07, 6.45) is -0.739. The summed E-state index contributed by atoms with van der Waals surface area (Å²) < 4.78 is 47.2. The Morgan fingerprint density at radius 3 is 2.58 bits per heavy atom. The molecule has 0 aliphatic heterocycles. The molecule has 1 fully saturated rings. The fourth-order valence-corrected chi connectivity index (χ4v) is 5.51. The van der Waals surface area contributed by atoms with E-state index in [2.05, 4.69) is 22.0 Å². The third-order valence-electron chi connectivity index (χ3n) is 5.66. The fourth-order valence-electron chi connectivity index (χ4n) is 3.85. The second-order valence-corrected chi connectivity index (χ2v) is 10.9. The van der Waals surface area contributed by atoms with E-state index in [1.165, 1.54) is 47.4 Å². The van der Waals surface area contributed by atoms with Crippen molar-refractivity contribution in [1.82, 2.24) is 9.88 Å². The lowest BCUT2D eigenvalue weighted by Crippen LogP contribution is -2.46. The van der Waals surface area contributed by atoms with Gasteiger partial charge in [0, 0.05) is 18.3 Å². The molecule has 0 bridgehead atoms. The van der Waals surface area contributed by atoms with E-state index in [4.69, 9.17) is 14.9 Å². The number of rotatable bonds is 11. The van der Waals surface area contributed by atoms with Crippen LogP contribution in [-0.2, 0) is 11.3 Å². The topological polar surface area (TPSA) is 104 Å². The molecule has 3 rings (SSSR count). The van der Waals surface area contributed by atoms with Crippen molar-refractivity contribution in [2.24, 2.45) is 5.92 Å². The van der Waals surface area contributed by atoms with E-state index in [0.717, 1.165) is 29.9 Å². The largest absolute Gasteiger partial charge is 0.573 e. The first-order valence-electron chi connectivity index (χ1n) is 11.5. The van der Waals surface area contributed by atoms with Gasteiger partial charge >= 0.3 is 12.4 Å². The van der Waals surface area contributed by atoms with E-state index in [0.29, 0.717) is 23.2 Å². The zero-order valence-corrected chi connectivity index (χ0v) is 21.4. The molecule has 0 atom stereocenters. The number of aliphatic hydroxyl groups is 2. The molecular formula is C23H30F3N3O5S2. The van der Waals surface area contributed by atoms with Gasteiger partial charge in [-0.1, -0.05) is 30.4 Å². The molecule has 13 heteroatoms. The minimum absolute atomic E-state index is 0.0712. The van der Waals surface area contributed by atoms with Crippen LogP contribution in [0.25, 0.3) is 0 Å². The van der Waals surface area contributed by atoms with Gasteiger partial charge in [-0.3, -0.25) is 5.32 Å². The van der Waals surface area contributed by atoms with Crippen molar-refractivity contribution in [2.45, 2.75) is 62.1 Å². The number of ether oxygens (including phenoxy) is 2. The lowest BCUT2D eigenvalue weighted by atomic mass is 9.86. The predicted molar refractivity (Wildman–Crippen MR) is 131 cm³/mol. The maximum absolute atomic E-state index is 13.1. The van der Waals surface area contributed by atoms with Crippen LogP contribution in [0.1, 0.15) is 38.2 Å². The van der Waals surface area contributed by atoms with Crippen molar-refractivity contribution >= 4 is 34.3 Å². The van der Waals surface area contributed by atoms with Gasteiger partial charge in [0.25, 0.3) is 0 Å². The van der Waals surface area contributed by atoms with Crippen molar-refractivity contribution in [3.8, 4) is 5.75 Å². The fraction of sp³-hybridized carbons (Fsp3) is 0.565. The average Bonchev–Trinajstić information content (AvgIpc) is 3.26. The number of thiazole rings is 1. The molecule has 0 unspecified atom stereocenters. The van der Waals surface area contributed by atoms with Crippen LogP contribution in [0.5, 0.6) is 5.75 Å². The molecule has 0 spiro atoms. The molecule has 0 radical (unpaired) electrons. The Morgan fingerprint density at radius 2 is 1.94 bits per heavy atom. The highest BCUT2D eigenvalue weighted by Crippen LogP contribution is 2.30. The predicted octanol–water partition coefficient (Wildman–Crippen LogP) is 5.07. The molecule has 1 aromatic heterocycles. The van der Waals surface area contributed by atoms with Crippen molar-refractivity contribution in [2.75, 3.05) is 24.2 Å². The normalized spacial score (nSPS) is 18.3. The number of nitrogens with zero attached hydrogens (tertiary/aromatic N) is 2. The number of urea groups is 1. The summed E-state index contributed by atoms with van der Waals surface area (Å²) >= 11 is 2.50. The number of benzene rings is 1. The Bertz CT molecular complexity index is 951. The van der Waals surface area contributed by atoms with E-state index in [1.807, 2.05) is 0 Å². The van der Waals surface area contributed by atoms with Crippen LogP contribution in [0.3, 0.4) is 0 Å². The van der Waals surface area contributed by atoms with E-state index in [9.17, 15) is 18.0 Å². The number of anilines is 1. The zero-order valence-electron chi connectivity index (χ0n) is 19.7. The first kappa shape index (κ1) is 28.5. The minimum atomic E-state index is -4.74. The molecule has 1 saturated carbocycles. The summed E-state index contributed by atoms with van der Waals surface area (Å²) in [5.41, 5.74) is 0.688. The molecule has 1 heterocycles. The Morgan fingerprint density at radius 1 is 1.25 bits per heavy atom. The van der Waals surface area contributed by atoms with Gasteiger partial charge in [0.2, 0.25) is 0 Å². The number of carbonyl (C=O) groups is 1. The van der Waals surface area contributed by atoms with Crippen LogP contribution in [0.4, 0.5) is 23.1 Å². The SMILES string of the molecule is CC1CCC(N(CCOCc2ccc(OC(F)(F)F)cc2)C(=O)Nc2ncc(SCC(O)O)s2)CC1. The Balaban J connectivity index is 1.53. The van der Waals surface area contributed by atoms with E-state index >= 15 is 0 Å². The maximum atomic E-state index is 13.1. The number of aromatic nitrogens is 1. The first-order valence-corrected chi connectivity index (χ1v) is 13.3. The minimum Gasteiger partial charge on any atom is -0.406 e. The lowest BCUT2D eigenvalue weighted by molar-refractivity contribution is -0.274. The Kier molecular flexibility index (Phi) is 10.7. The van der Waals surface area contributed by atoms with Crippen LogP contribution in [0, 0.1) is 5.92 Å². The number of aliphatic hydroxyl groups excluding tert-OH is 1. The maximum Gasteiger partial charge on any atom is 0.573 e. The highest BCUT2D eigenvalue weighted by molar-refractivity contribution is 8.01. The molecule has 200 valence electrons. The van der Waals surface area contributed by atoms with Crippen molar-refractivity contribution in [3.05, 3.63) is 36.0 Å². The summed E-state index contributed by atoms with van der Waals surface area (Å²) in [6, 6.07) is 5.26. The van der Waals surface area contributed by atoms with Crippen molar-refractivity contribution in [3.63, 3.8) is 0 Å². The first-order chi connectivity index (χ1) is 17.1. The van der Waals surface area contributed by atoms with Gasteiger partial charge in [0.05, 0.1) is 23.6 Å². The van der Waals surface area contributed by atoms with Gasteiger partial charge in [0.1, 0.15) is 5.75 Å². The standard InChI is InChI=1S/C23H30F3N3O5S2/c1-15-2-6-17(7-3-15)29(22(32)28-21-27-12-20(36-21)35-14-19(30)31)10-11-33-13-16-4-8-18(9-5-16)34-23(24,25)26/h4-5,8-9,12,15,17,19,30-31H,2-3,6-7,10-11,13-14H2,1H3,(H,27,28,32). The van der Waals surface area contributed by atoms with Gasteiger partial charge < -0.3 is 24.6 Å².